The van der Waals surface area contributed by atoms with Gasteiger partial charge in [-0.3, -0.25) is 9.10 Å². The van der Waals surface area contributed by atoms with Crippen LogP contribution in [0, 0.1) is 12.8 Å². The molecule has 0 aliphatic carbocycles. The van der Waals surface area contributed by atoms with Crippen molar-refractivity contribution < 1.29 is 17.9 Å². The lowest BCUT2D eigenvalue weighted by atomic mass is 10.2. The highest BCUT2D eigenvalue weighted by atomic mass is 35.5. The van der Waals surface area contributed by atoms with E-state index in [1.54, 1.807) is 19.1 Å². The van der Waals surface area contributed by atoms with Gasteiger partial charge in [0.05, 0.1) is 24.8 Å². The SMILES string of the molecule is Cc1ccc(N(CC(=O)N/N=C\c2ccc(OCC(C)C)cc2)S(C)(=O)=O)cc1Cl. The molecule has 2 aromatic carbocycles. The van der Waals surface area contributed by atoms with Crippen molar-refractivity contribution in [2.24, 2.45) is 11.0 Å². The lowest BCUT2D eigenvalue weighted by Crippen LogP contribution is -2.39. The number of hydrogen-bond acceptors (Lipinski definition) is 5. The third kappa shape index (κ3) is 7.35. The fraction of sp³-hybridized carbons (Fsp3) is 0.333. The van der Waals surface area contributed by atoms with Crippen LogP contribution in [-0.2, 0) is 14.8 Å². The van der Waals surface area contributed by atoms with Crippen LogP contribution in [0.15, 0.2) is 47.6 Å². The number of anilines is 1. The van der Waals surface area contributed by atoms with Gasteiger partial charge in [-0.2, -0.15) is 5.10 Å². The quantitative estimate of drug-likeness (QED) is 0.466. The van der Waals surface area contributed by atoms with E-state index in [4.69, 9.17) is 16.3 Å². The molecule has 1 amide bonds. The lowest BCUT2D eigenvalue weighted by molar-refractivity contribution is -0.119. The molecule has 0 atom stereocenters. The molecule has 0 aromatic heterocycles. The van der Waals surface area contributed by atoms with Crippen LogP contribution in [0.3, 0.4) is 0 Å². The number of nitrogens with one attached hydrogen (secondary N) is 1. The minimum absolute atomic E-state index is 0.309. The Bertz CT molecular complexity index is 1010. The Hall–Kier alpha value is -2.58. The molecule has 0 saturated carbocycles. The molecular formula is C21H26ClN3O4S. The molecular weight excluding hydrogens is 426 g/mol. The van der Waals surface area contributed by atoms with E-state index in [0.29, 0.717) is 23.2 Å². The highest BCUT2D eigenvalue weighted by Crippen LogP contribution is 2.24. The minimum Gasteiger partial charge on any atom is -0.493 e. The lowest BCUT2D eigenvalue weighted by Gasteiger charge is -2.21. The maximum absolute atomic E-state index is 12.2. The molecule has 0 aliphatic rings. The molecule has 0 unspecified atom stereocenters. The molecule has 2 aromatic rings. The number of hydrogen-bond donors (Lipinski definition) is 1. The normalized spacial score (nSPS) is 11.7. The Labute approximate surface area is 182 Å². The van der Waals surface area contributed by atoms with Gasteiger partial charge in [0.2, 0.25) is 10.0 Å². The second-order valence-electron chi connectivity index (χ2n) is 7.27. The van der Waals surface area contributed by atoms with E-state index in [-0.39, 0.29) is 0 Å². The summed E-state index contributed by atoms with van der Waals surface area (Å²) >= 11 is 6.09. The molecule has 7 nitrogen and oxygen atoms in total. The maximum Gasteiger partial charge on any atom is 0.260 e. The van der Waals surface area contributed by atoms with Crippen LogP contribution in [0.2, 0.25) is 5.02 Å². The summed E-state index contributed by atoms with van der Waals surface area (Å²) in [5.41, 5.74) is 4.22. The van der Waals surface area contributed by atoms with E-state index in [1.165, 1.54) is 12.3 Å². The highest BCUT2D eigenvalue weighted by Gasteiger charge is 2.21. The summed E-state index contributed by atoms with van der Waals surface area (Å²) in [4.78, 5) is 12.2. The number of amides is 1. The summed E-state index contributed by atoms with van der Waals surface area (Å²) in [5, 5.41) is 4.31. The predicted octanol–water partition coefficient (Wildman–Crippen LogP) is 3.60. The average Bonchev–Trinajstić information content (AvgIpc) is 2.67. The van der Waals surface area contributed by atoms with Crippen LogP contribution in [0.1, 0.15) is 25.0 Å². The number of rotatable bonds is 9. The highest BCUT2D eigenvalue weighted by molar-refractivity contribution is 7.92. The molecule has 9 heteroatoms. The Morgan fingerprint density at radius 3 is 2.47 bits per heavy atom. The fourth-order valence-corrected chi connectivity index (χ4v) is 3.42. The van der Waals surface area contributed by atoms with Crippen molar-refractivity contribution in [3.8, 4) is 5.75 Å². The van der Waals surface area contributed by atoms with Gasteiger partial charge in [0.15, 0.2) is 0 Å². The van der Waals surface area contributed by atoms with Gasteiger partial charge in [-0.05, 0) is 60.4 Å². The molecule has 162 valence electrons. The number of sulfonamides is 1. The number of nitrogens with zero attached hydrogens (tertiary/aromatic N) is 2. The van der Waals surface area contributed by atoms with Gasteiger partial charge in [0.25, 0.3) is 5.91 Å². The van der Waals surface area contributed by atoms with Gasteiger partial charge in [-0.1, -0.05) is 31.5 Å². The average molecular weight is 452 g/mol. The summed E-state index contributed by atoms with van der Waals surface area (Å²) in [6, 6.07) is 12.1. The van der Waals surface area contributed by atoms with Crippen molar-refractivity contribution in [2.75, 3.05) is 23.7 Å². The van der Waals surface area contributed by atoms with E-state index < -0.39 is 22.5 Å². The van der Waals surface area contributed by atoms with E-state index in [9.17, 15) is 13.2 Å². The zero-order chi connectivity index (χ0) is 22.3. The summed E-state index contributed by atoms with van der Waals surface area (Å²) in [6.07, 6.45) is 2.50. The molecule has 0 radical (unpaired) electrons. The van der Waals surface area contributed by atoms with Crippen LogP contribution in [-0.4, -0.2) is 39.9 Å². The molecule has 0 fully saturated rings. The number of ether oxygens (including phenoxy) is 1. The van der Waals surface area contributed by atoms with Gasteiger partial charge in [-0.25, -0.2) is 13.8 Å². The molecule has 0 aliphatic heterocycles. The number of halogens is 1. The summed E-state index contributed by atoms with van der Waals surface area (Å²) in [6.45, 7) is 6.16. The van der Waals surface area contributed by atoms with E-state index in [2.05, 4.69) is 24.4 Å². The van der Waals surface area contributed by atoms with Crippen LogP contribution in [0.4, 0.5) is 5.69 Å². The maximum atomic E-state index is 12.2. The summed E-state index contributed by atoms with van der Waals surface area (Å²) < 4.78 is 30.9. The number of carbonyl (C=O) groups is 1. The zero-order valence-corrected chi connectivity index (χ0v) is 19.0. The van der Waals surface area contributed by atoms with Crippen molar-refractivity contribution in [3.63, 3.8) is 0 Å². The molecule has 0 spiro atoms. The van der Waals surface area contributed by atoms with Gasteiger partial charge >= 0.3 is 0 Å². The predicted molar refractivity (Wildman–Crippen MR) is 121 cm³/mol. The van der Waals surface area contributed by atoms with Gasteiger partial charge in [0, 0.05) is 5.02 Å². The molecule has 0 saturated heterocycles. The first-order valence-corrected chi connectivity index (χ1v) is 11.6. The van der Waals surface area contributed by atoms with E-state index in [1.807, 2.05) is 24.3 Å². The first-order chi connectivity index (χ1) is 14.1. The molecule has 30 heavy (non-hydrogen) atoms. The molecule has 0 heterocycles. The van der Waals surface area contributed by atoms with Crippen LogP contribution >= 0.6 is 11.6 Å². The van der Waals surface area contributed by atoms with Crippen molar-refractivity contribution in [1.29, 1.82) is 0 Å². The van der Waals surface area contributed by atoms with E-state index >= 15 is 0 Å². The van der Waals surface area contributed by atoms with Gasteiger partial charge in [0.1, 0.15) is 12.3 Å². The Morgan fingerprint density at radius 1 is 1.23 bits per heavy atom. The number of hydrazone groups is 1. The Morgan fingerprint density at radius 2 is 1.90 bits per heavy atom. The third-order valence-electron chi connectivity index (χ3n) is 4.00. The summed E-state index contributed by atoms with van der Waals surface area (Å²) in [5.74, 6) is 0.611. The zero-order valence-electron chi connectivity index (χ0n) is 17.4. The topological polar surface area (TPSA) is 88.1 Å². The smallest absolute Gasteiger partial charge is 0.260 e. The van der Waals surface area contributed by atoms with Crippen molar-refractivity contribution >= 4 is 39.4 Å². The van der Waals surface area contributed by atoms with Crippen LogP contribution < -0.4 is 14.5 Å². The molecule has 1 N–H and O–H groups in total. The third-order valence-corrected chi connectivity index (χ3v) is 5.55. The number of aryl methyl sites for hydroxylation is 1. The first-order valence-electron chi connectivity index (χ1n) is 9.35. The fourth-order valence-electron chi connectivity index (χ4n) is 2.39. The number of benzene rings is 2. The summed E-state index contributed by atoms with van der Waals surface area (Å²) in [7, 11) is -3.69. The van der Waals surface area contributed by atoms with E-state index in [0.717, 1.165) is 27.4 Å². The van der Waals surface area contributed by atoms with Crippen molar-refractivity contribution in [1.82, 2.24) is 5.43 Å². The minimum atomic E-state index is -3.69. The monoisotopic (exact) mass is 451 g/mol. The second-order valence-corrected chi connectivity index (χ2v) is 9.58. The molecule has 2 rings (SSSR count). The Kier molecular flexibility index (Phi) is 8.25. The number of carbonyl (C=O) groups excluding carboxylic acids is 1. The van der Waals surface area contributed by atoms with Crippen molar-refractivity contribution in [2.45, 2.75) is 20.8 Å². The van der Waals surface area contributed by atoms with Gasteiger partial charge < -0.3 is 4.74 Å². The second kappa shape index (κ2) is 10.4. The first kappa shape index (κ1) is 23.7. The largest absolute Gasteiger partial charge is 0.493 e. The van der Waals surface area contributed by atoms with Crippen LogP contribution in [0.5, 0.6) is 5.75 Å². The van der Waals surface area contributed by atoms with Crippen molar-refractivity contribution in [3.05, 3.63) is 58.6 Å². The van der Waals surface area contributed by atoms with Crippen LogP contribution in [0.25, 0.3) is 0 Å². The van der Waals surface area contributed by atoms with Gasteiger partial charge in [-0.15, -0.1) is 0 Å². The Balaban J connectivity index is 1.99. The standard InChI is InChI=1S/C21H26ClN3O4S/c1-15(2)14-29-19-9-6-17(7-10-19)12-23-24-21(26)13-25(30(4,27)28)18-8-5-16(3)20(22)11-18/h5-12,15H,13-14H2,1-4H3,(H,24,26)/b23-12-. The molecule has 0 bridgehead atoms.